The summed E-state index contributed by atoms with van der Waals surface area (Å²) in [4.78, 5) is 0. The van der Waals surface area contributed by atoms with E-state index in [9.17, 15) is 0 Å². The maximum atomic E-state index is 3.72. The summed E-state index contributed by atoms with van der Waals surface area (Å²) in [6.45, 7) is 8.08. The molecule has 0 heterocycles. The minimum atomic E-state index is 0.703. The summed E-state index contributed by atoms with van der Waals surface area (Å²) in [5, 5.41) is 3.72. The second kappa shape index (κ2) is 7.61. The highest BCUT2D eigenvalue weighted by Gasteiger charge is 2.31. The van der Waals surface area contributed by atoms with Gasteiger partial charge in [0.1, 0.15) is 0 Å². The molecule has 1 aliphatic rings. The highest BCUT2D eigenvalue weighted by molar-refractivity contribution is 9.10. The topological polar surface area (TPSA) is 12.0 Å². The van der Waals surface area contributed by atoms with Gasteiger partial charge in [-0.25, -0.2) is 0 Å². The standard InChI is InChI=1S/C18H28BrN/c1-4-20-18-9-8-15(13(2)3)12-16(18)10-14-6-5-7-17(19)11-14/h5-7,11,13,15-16,18,20H,4,8-10,12H2,1-3H3. The van der Waals surface area contributed by atoms with Crippen molar-refractivity contribution in [1.82, 2.24) is 5.32 Å². The molecule has 20 heavy (non-hydrogen) atoms. The van der Waals surface area contributed by atoms with Gasteiger partial charge in [-0.15, -0.1) is 0 Å². The molecule has 2 rings (SSSR count). The Morgan fingerprint density at radius 2 is 2.10 bits per heavy atom. The predicted octanol–water partition coefficient (Wildman–Crippen LogP) is 5.04. The fourth-order valence-corrected chi connectivity index (χ4v) is 4.08. The van der Waals surface area contributed by atoms with Gasteiger partial charge in [0.2, 0.25) is 0 Å². The van der Waals surface area contributed by atoms with Gasteiger partial charge in [0.25, 0.3) is 0 Å². The molecule has 3 unspecified atom stereocenters. The summed E-state index contributed by atoms with van der Waals surface area (Å²) in [6, 6.07) is 9.52. The number of halogens is 1. The van der Waals surface area contributed by atoms with Crippen molar-refractivity contribution in [3.8, 4) is 0 Å². The van der Waals surface area contributed by atoms with Crippen molar-refractivity contribution in [2.75, 3.05) is 6.54 Å². The van der Waals surface area contributed by atoms with Crippen LogP contribution in [0.25, 0.3) is 0 Å². The quantitative estimate of drug-likeness (QED) is 0.793. The van der Waals surface area contributed by atoms with Crippen LogP contribution in [0.15, 0.2) is 28.7 Å². The first-order valence-electron chi connectivity index (χ1n) is 8.08. The van der Waals surface area contributed by atoms with E-state index in [0.717, 1.165) is 24.3 Å². The van der Waals surface area contributed by atoms with E-state index in [2.05, 4.69) is 66.3 Å². The molecular formula is C18H28BrN. The first kappa shape index (κ1) is 16.0. The van der Waals surface area contributed by atoms with Gasteiger partial charge in [-0.3, -0.25) is 0 Å². The molecule has 0 aliphatic heterocycles. The van der Waals surface area contributed by atoms with Crippen LogP contribution in [0.1, 0.15) is 45.6 Å². The molecule has 0 saturated heterocycles. The van der Waals surface area contributed by atoms with E-state index in [-0.39, 0.29) is 0 Å². The lowest BCUT2D eigenvalue weighted by Crippen LogP contribution is -2.42. The van der Waals surface area contributed by atoms with Crippen molar-refractivity contribution < 1.29 is 0 Å². The molecular weight excluding hydrogens is 310 g/mol. The van der Waals surface area contributed by atoms with Gasteiger partial charge in [0, 0.05) is 10.5 Å². The minimum absolute atomic E-state index is 0.703. The fourth-order valence-electron chi connectivity index (χ4n) is 3.63. The van der Waals surface area contributed by atoms with Crippen molar-refractivity contribution in [3.63, 3.8) is 0 Å². The van der Waals surface area contributed by atoms with Gasteiger partial charge in [0.05, 0.1) is 0 Å². The van der Waals surface area contributed by atoms with Gasteiger partial charge in [-0.05, 0) is 67.7 Å². The second-order valence-corrected chi connectivity index (χ2v) is 7.49. The molecule has 1 saturated carbocycles. The zero-order chi connectivity index (χ0) is 14.5. The van der Waals surface area contributed by atoms with Crippen LogP contribution in [0.5, 0.6) is 0 Å². The number of rotatable bonds is 5. The van der Waals surface area contributed by atoms with Crippen LogP contribution in [0.4, 0.5) is 0 Å². The lowest BCUT2D eigenvalue weighted by Gasteiger charge is -2.38. The molecule has 1 nitrogen and oxygen atoms in total. The molecule has 0 amide bonds. The Morgan fingerprint density at radius 1 is 1.30 bits per heavy atom. The maximum absolute atomic E-state index is 3.72. The summed E-state index contributed by atoms with van der Waals surface area (Å²) in [7, 11) is 0. The number of benzene rings is 1. The van der Waals surface area contributed by atoms with Crippen molar-refractivity contribution in [2.24, 2.45) is 17.8 Å². The third kappa shape index (κ3) is 4.33. The Labute approximate surface area is 132 Å². The predicted molar refractivity (Wildman–Crippen MR) is 91.0 cm³/mol. The monoisotopic (exact) mass is 337 g/mol. The Kier molecular flexibility index (Phi) is 6.10. The second-order valence-electron chi connectivity index (χ2n) is 6.58. The zero-order valence-corrected chi connectivity index (χ0v) is 14.6. The van der Waals surface area contributed by atoms with Crippen LogP contribution in [-0.4, -0.2) is 12.6 Å². The van der Waals surface area contributed by atoms with Gasteiger partial charge in [0.15, 0.2) is 0 Å². The largest absolute Gasteiger partial charge is 0.314 e. The minimum Gasteiger partial charge on any atom is -0.314 e. The van der Waals surface area contributed by atoms with Gasteiger partial charge >= 0.3 is 0 Å². The molecule has 1 aromatic rings. The fraction of sp³-hybridized carbons (Fsp3) is 0.667. The third-order valence-electron chi connectivity index (χ3n) is 4.82. The molecule has 0 bridgehead atoms. The first-order valence-corrected chi connectivity index (χ1v) is 8.87. The number of hydrogen-bond donors (Lipinski definition) is 1. The molecule has 1 aromatic carbocycles. The van der Waals surface area contributed by atoms with Gasteiger partial charge in [-0.2, -0.15) is 0 Å². The van der Waals surface area contributed by atoms with Crippen molar-refractivity contribution in [3.05, 3.63) is 34.3 Å². The van der Waals surface area contributed by atoms with E-state index in [1.54, 1.807) is 0 Å². The SMILES string of the molecule is CCNC1CCC(C(C)C)CC1Cc1cccc(Br)c1. The van der Waals surface area contributed by atoms with E-state index < -0.39 is 0 Å². The van der Waals surface area contributed by atoms with Crippen LogP contribution in [0.2, 0.25) is 0 Å². The van der Waals surface area contributed by atoms with E-state index >= 15 is 0 Å². The molecule has 112 valence electrons. The summed E-state index contributed by atoms with van der Waals surface area (Å²) in [5.74, 6) is 2.51. The smallest absolute Gasteiger partial charge is 0.0177 e. The Balaban J connectivity index is 2.06. The summed E-state index contributed by atoms with van der Waals surface area (Å²) < 4.78 is 1.20. The van der Waals surface area contributed by atoms with E-state index in [4.69, 9.17) is 0 Å². The number of nitrogens with one attached hydrogen (secondary N) is 1. The Bertz CT molecular complexity index is 416. The summed E-state index contributed by atoms with van der Waals surface area (Å²) >= 11 is 3.59. The average Bonchev–Trinajstić information content (AvgIpc) is 2.41. The molecule has 0 spiro atoms. The molecule has 0 radical (unpaired) electrons. The number of hydrogen-bond acceptors (Lipinski definition) is 1. The van der Waals surface area contributed by atoms with E-state index in [1.807, 2.05) is 0 Å². The Morgan fingerprint density at radius 3 is 2.75 bits per heavy atom. The van der Waals surface area contributed by atoms with Crippen LogP contribution < -0.4 is 5.32 Å². The van der Waals surface area contributed by atoms with E-state index in [1.165, 1.54) is 35.7 Å². The van der Waals surface area contributed by atoms with Gasteiger partial charge < -0.3 is 5.32 Å². The third-order valence-corrected chi connectivity index (χ3v) is 5.31. The molecule has 3 atom stereocenters. The highest BCUT2D eigenvalue weighted by Crippen LogP contribution is 2.35. The lowest BCUT2D eigenvalue weighted by molar-refractivity contribution is 0.169. The molecule has 2 heteroatoms. The van der Waals surface area contributed by atoms with Crippen LogP contribution in [-0.2, 0) is 6.42 Å². The average molecular weight is 338 g/mol. The van der Waals surface area contributed by atoms with Gasteiger partial charge in [-0.1, -0.05) is 48.8 Å². The van der Waals surface area contributed by atoms with E-state index in [0.29, 0.717) is 6.04 Å². The molecule has 0 aromatic heterocycles. The highest BCUT2D eigenvalue weighted by atomic mass is 79.9. The van der Waals surface area contributed by atoms with Crippen LogP contribution >= 0.6 is 15.9 Å². The maximum Gasteiger partial charge on any atom is 0.0177 e. The zero-order valence-electron chi connectivity index (χ0n) is 13.0. The first-order chi connectivity index (χ1) is 9.60. The van der Waals surface area contributed by atoms with Crippen molar-refractivity contribution in [1.29, 1.82) is 0 Å². The van der Waals surface area contributed by atoms with Crippen molar-refractivity contribution >= 4 is 15.9 Å². The molecule has 1 fully saturated rings. The summed E-state index contributed by atoms with van der Waals surface area (Å²) in [5.41, 5.74) is 1.47. The van der Waals surface area contributed by atoms with Crippen LogP contribution in [0, 0.1) is 17.8 Å². The Hall–Kier alpha value is -0.340. The van der Waals surface area contributed by atoms with Crippen LogP contribution in [0.3, 0.4) is 0 Å². The normalized spacial score (nSPS) is 26.9. The van der Waals surface area contributed by atoms with Crippen molar-refractivity contribution in [2.45, 2.75) is 52.5 Å². The lowest BCUT2D eigenvalue weighted by atomic mass is 9.71. The molecule has 1 aliphatic carbocycles. The summed E-state index contributed by atoms with van der Waals surface area (Å²) in [6.07, 6.45) is 5.32. The molecule has 1 N–H and O–H groups in total.